The number of aliphatic carboxylic acids is 1. The molecule has 1 fully saturated rings. The molecule has 1 aliphatic rings. The summed E-state index contributed by atoms with van der Waals surface area (Å²) in [6, 6.07) is 9.46. The first-order valence-corrected chi connectivity index (χ1v) is 11.7. The third-order valence-corrected chi connectivity index (χ3v) is 6.84. The summed E-state index contributed by atoms with van der Waals surface area (Å²) in [5.74, 6) is -3.67. The van der Waals surface area contributed by atoms with Crippen LogP contribution in [0.2, 0.25) is 4.34 Å². The van der Waals surface area contributed by atoms with E-state index in [1.807, 2.05) is 0 Å². The summed E-state index contributed by atoms with van der Waals surface area (Å²) in [7, 11) is 0. The Morgan fingerprint density at radius 2 is 2.00 bits per heavy atom. The Bertz CT molecular complexity index is 1340. The summed E-state index contributed by atoms with van der Waals surface area (Å²) < 4.78 is 16.5. The van der Waals surface area contributed by atoms with Crippen LogP contribution in [0.25, 0.3) is 5.69 Å². The van der Waals surface area contributed by atoms with Gasteiger partial charge >= 0.3 is 5.97 Å². The van der Waals surface area contributed by atoms with E-state index in [0.717, 1.165) is 17.4 Å². The monoisotopic (exact) mass is 518 g/mol. The molecule has 0 spiro atoms. The lowest BCUT2D eigenvalue weighted by Gasteiger charge is -2.23. The van der Waals surface area contributed by atoms with Crippen molar-refractivity contribution in [3.8, 4) is 5.69 Å². The number of nitrogens with zero attached hydrogens (tertiary/aromatic N) is 1. The molecule has 3 atom stereocenters. The van der Waals surface area contributed by atoms with Gasteiger partial charge in [0.05, 0.1) is 20.6 Å². The minimum Gasteiger partial charge on any atom is -0.480 e. The van der Waals surface area contributed by atoms with Crippen LogP contribution in [0, 0.1) is 11.7 Å². The molecular formula is C23H20ClFN4O5S. The van der Waals surface area contributed by atoms with Crippen molar-refractivity contribution < 1.29 is 23.9 Å². The van der Waals surface area contributed by atoms with Crippen LogP contribution in [0.1, 0.15) is 16.1 Å². The lowest BCUT2D eigenvalue weighted by atomic mass is 9.95. The fraction of sp³-hybridized carbons (Fsp3) is 0.217. The van der Waals surface area contributed by atoms with E-state index in [4.69, 9.17) is 11.6 Å². The quantitative estimate of drug-likeness (QED) is 0.380. The molecule has 1 saturated heterocycles. The van der Waals surface area contributed by atoms with Gasteiger partial charge in [-0.05, 0) is 36.8 Å². The van der Waals surface area contributed by atoms with E-state index in [1.54, 1.807) is 18.2 Å². The Kier molecular flexibility index (Phi) is 7.29. The van der Waals surface area contributed by atoms with Gasteiger partial charge in [-0.3, -0.25) is 23.7 Å². The van der Waals surface area contributed by atoms with Crippen LogP contribution >= 0.6 is 22.9 Å². The van der Waals surface area contributed by atoms with Gasteiger partial charge in [0.2, 0.25) is 5.91 Å². The summed E-state index contributed by atoms with van der Waals surface area (Å²) in [4.78, 5) is 49.5. The molecule has 9 nitrogen and oxygen atoms in total. The maximum Gasteiger partial charge on any atom is 0.320 e. The molecule has 12 heteroatoms. The number of amides is 2. The lowest BCUT2D eigenvalue weighted by Crippen LogP contribution is -2.49. The molecule has 0 saturated carbocycles. The number of aromatic nitrogens is 1. The number of anilines is 1. The van der Waals surface area contributed by atoms with Gasteiger partial charge in [-0.1, -0.05) is 17.7 Å². The molecule has 1 unspecified atom stereocenters. The second-order valence-electron chi connectivity index (χ2n) is 7.91. The highest BCUT2D eigenvalue weighted by Crippen LogP contribution is 2.24. The van der Waals surface area contributed by atoms with Crippen molar-refractivity contribution in [3.05, 3.63) is 80.1 Å². The minimum atomic E-state index is -1.14. The second-order valence-corrected chi connectivity index (χ2v) is 9.63. The van der Waals surface area contributed by atoms with Gasteiger partial charge in [-0.15, -0.1) is 11.3 Å². The number of carboxylic acids is 1. The Hall–Kier alpha value is -3.54. The van der Waals surface area contributed by atoms with Gasteiger partial charge in [-0.25, -0.2) is 4.39 Å². The number of pyridine rings is 1. The number of carboxylic acid groups (broad SMARTS) is 1. The Morgan fingerprint density at radius 3 is 2.63 bits per heavy atom. The van der Waals surface area contributed by atoms with E-state index in [9.17, 15) is 28.7 Å². The molecule has 0 bridgehead atoms. The van der Waals surface area contributed by atoms with E-state index < -0.39 is 41.6 Å². The van der Waals surface area contributed by atoms with Crippen LogP contribution in [0.3, 0.4) is 0 Å². The van der Waals surface area contributed by atoms with Crippen molar-refractivity contribution in [1.82, 2.24) is 15.2 Å². The van der Waals surface area contributed by atoms with Crippen LogP contribution in [-0.2, 0) is 9.59 Å². The number of carbonyl (C=O) groups is 3. The summed E-state index contributed by atoms with van der Waals surface area (Å²) in [6.07, 6.45) is 1.58. The third kappa shape index (κ3) is 5.59. The van der Waals surface area contributed by atoms with Crippen LogP contribution in [-0.4, -0.2) is 46.1 Å². The predicted molar refractivity (Wildman–Crippen MR) is 129 cm³/mol. The lowest BCUT2D eigenvalue weighted by molar-refractivity contribution is -0.139. The zero-order valence-electron chi connectivity index (χ0n) is 18.0. The second kappa shape index (κ2) is 10.4. The highest BCUT2D eigenvalue weighted by Gasteiger charge is 2.38. The third-order valence-electron chi connectivity index (χ3n) is 5.61. The van der Waals surface area contributed by atoms with Gasteiger partial charge in [-0.2, -0.15) is 0 Å². The molecule has 3 heterocycles. The molecule has 4 rings (SSSR count). The molecule has 35 heavy (non-hydrogen) atoms. The van der Waals surface area contributed by atoms with Gasteiger partial charge in [0, 0.05) is 30.8 Å². The molecule has 2 aromatic heterocycles. The van der Waals surface area contributed by atoms with Crippen molar-refractivity contribution in [3.63, 3.8) is 0 Å². The van der Waals surface area contributed by atoms with Gasteiger partial charge in [0.25, 0.3) is 11.5 Å². The zero-order valence-corrected chi connectivity index (χ0v) is 19.6. The van der Waals surface area contributed by atoms with Crippen molar-refractivity contribution in [1.29, 1.82) is 0 Å². The molecule has 0 radical (unpaired) electrons. The molecule has 2 amide bonds. The van der Waals surface area contributed by atoms with Crippen molar-refractivity contribution in [2.75, 3.05) is 11.9 Å². The number of benzene rings is 1. The molecule has 4 N–H and O–H groups in total. The average Bonchev–Trinajstić information content (AvgIpc) is 3.48. The van der Waals surface area contributed by atoms with E-state index in [2.05, 4.69) is 16.0 Å². The van der Waals surface area contributed by atoms with Crippen molar-refractivity contribution in [2.45, 2.75) is 18.5 Å². The van der Waals surface area contributed by atoms with Crippen LogP contribution in [0.4, 0.5) is 10.1 Å². The number of hydrogen-bond donors (Lipinski definition) is 4. The molecule has 182 valence electrons. The number of thiophene rings is 1. The molecule has 0 aliphatic carbocycles. The average molecular weight is 519 g/mol. The van der Waals surface area contributed by atoms with Gasteiger partial charge in [0.15, 0.2) is 0 Å². The number of hydrogen-bond acceptors (Lipinski definition) is 6. The summed E-state index contributed by atoms with van der Waals surface area (Å²) in [5, 5.41) is 17.2. The number of carbonyl (C=O) groups excluding carboxylic acids is 2. The molecular weight excluding hydrogens is 499 g/mol. The molecule has 3 aromatic rings. The van der Waals surface area contributed by atoms with Crippen LogP contribution in [0.15, 0.2) is 59.5 Å². The Balaban J connectivity index is 1.55. The Labute approximate surface area is 207 Å². The maximum absolute atomic E-state index is 14.8. The highest BCUT2D eigenvalue weighted by atomic mass is 35.5. The van der Waals surface area contributed by atoms with E-state index in [1.165, 1.54) is 35.0 Å². The summed E-state index contributed by atoms with van der Waals surface area (Å²) >= 11 is 6.93. The first-order chi connectivity index (χ1) is 16.7. The first kappa shape index (κ1) is 24.6. The van der Waals surface area contributed by atoms with Gasteiger partial charge in [0.1, 0.15) is 17.9 Å². The highest BCUT2D eigenvalue weighted by molar-refractivity contribution is 7.18. The molecule has 1 aromatic carbocycles. The fourth-order valence-corrected chi connectivity index (χ4v) is 4.80. The van der Waals surface area contributed by atoms with Crippen LogP contribution in [0.5, 0.6) is 0 Å². The minimum absolute atomic E-state index is 0.0945. The van der Waals surface area contributed by atoms with E-state index in [-0.39, 0.29) is 34.8 Å². The van der Waals surface area contributed by atoms with E-state index in [0.29, 0.717) is 4.34 Å². The first-order valence-electron chi connectivity index (χ1n) is 10.5. The predicted octanol–water partition coefficient (Wildman–Crippen LogP) is 2.49. The van der Waals surface area contributed by atoms with Gasteiger partial charge < -0.3 is 21.1 Å². The smallest absolute Gasteiger partial charge is 0.320 e. The summed E-state index contributed by atoms with van der Waals surface area (Å²) in [5.41, 5.74) is -0.224. The number of halogens is 2. The SMILES string of the molecule is O=C(NC(C(=O)Nc1ccc(-n2ccccc2=O)cc1F)[C@H]1CN[C@H](C(=O)O)C1)c1ccc(Cl)s1. The van der Waals surface area contributed by atoms with Crippen molar-refractivity contribution in [2.24, 2.45) is 5.92 Å². The summed E-state index contributed by atoms with van der Waals surface area (Å²) in [6.45, 7) is 0.166. The topological polar surface area (TPSA) is 130 Å². The number of rotatable bonds is 7. The Morgan fingerprint density at radius 1 is 1.20 bits per heavy atom. The largest absolute Gasteiger partial charge is 0.480 e. The number of nitrogens with one attached hydrogen (secondary N) is 3. The maximum atomic E-state index is 14.8. The zero-order chi connectivity index (χ0) is 25.1. The standard InChI is InChI=1S/C23H20ClFN4O5S/c24-18-7-6-17(35-18)21(31)28-20(12-9-16(23(33)34)26-11-12)22(32)27-15-5-4-13(10-14(15)25)29-8-2-1-3-19(29)30/h1-8,10,12,16,20,26H,9,11H2,(H,27,32)(H,28,31)(H,33,34)/t12-,16+,20?/m1/s1. The van der Waals surface area contributed by atoms with Crippen LogP contribution < -0.4 is 21.5 Å². The molecule has 1 aliphatic heterocycles. The normalized spacial score (nSPS) is 18.1. The fourth-order valence-electron chi connectivity index (χ4n) is 3.86. The van der Waals surface area contributed by atoms with E-state index >= 15 is 0 Å². The van der Waals surface area contributed by atoms with Crippen molar-refractivity contribution >= 4 is 46.4 Å².